The number of fused-ring (bicyclic) bond motifs is 5. The molecular weight excluding hydrogens is 286 g/mol. The van der Waals surface area contributed by atoms with Gasteiger partial charge in [-0.05, 0) is 61.3 Å². The van der Waals surface area contributed by atoms with E-state index in [0.29, 0.717) is 23.5 Å². The zero-order chi connectivity index (χ0) is 16.4. The summed E-state index contributed by atoms with van der Waals surface area (Å²) in [6.45, 7) is 5.40. The molecule has 0 saturated heterocycles. The number of hydrogen-bond acceptors (Lipinski definition) is 2. The summed E-state index contributed by atoms with van der Waals surface area (Å²) in [5, 5.41) is 0. The summed E-state index contributed by atoms with van der Waals surface area (Å²) >= 11 is 0. The van der Waals surface area contributed by atoms with Crippen molar-refractivity contribution in [2.45, 2.75) is 46.0 Å². The number of hydrogen-bond donors (Lipinski definition) is 0. The van der Waals surface area contributed by atoms with Gasteiger partial charge in [-0.3, -0.25) is 9.59 Å². The molecule has 2 fully saturated rings. The third-order valence-electron chi connectivity index (χ3n) is 7.65. The van der Waals surface area contributed by atoms with Crippen LogP contribution in [-0.2, 0) is 9.59 Å². The molecule has 1 unspecified atom stereocenters. The second kappa shape index (κ2) is 4.81. The number of rotatable bonds is 0. The van der Waals surface area contributed by atoms with Crippen molar-refractivity contribution in [1.82, 2.24) is 4.90 Å². The van der Waals surface area contributed by atoms with Crippen LogP contribution >= 0.6 is 0 Å². The highest BCUT2D eigenvalue weighted by Gasteiger charge is 2.57. The van der Waals surface area contributed by atoms with Gasteiger partial charge >= 0.3 is 0 Å². The van der Waals surface area contributed by atoms with Crippen LogP contribution in [0, 0.1) is 28.6 Å². The van der Waals surface area contributed by atoms with E-state index in [4.69, 9.17) is 0 Å². The summed E-state index contributed by atoms with van der Waals surface area (Å²) in [6.07, 6.45) is 11.3. The van der Waals surface area contributed by atoms with Gasteiger partial charge in [-0.1, -0.05) is 25.5 Å². The van der Waals surface area contributed by atoms with E-state index in [1.165, 1.54) is 5.57 Å². The first-order chi connectivity index (χ1) is 10.9. The lowest BCUT2D eigenvalue weighted by atomic mass is 9.48. The first-order valence-electron chi connectivity index (χ1n) is 9.05. The topological polar surface area (TPSA) is 37.4 Å². The highest BCUT2D eigenvalue weighted by Crippen LogP contribution is 2.62. The van der Waals surface area contributed by atoms with Crippen molar-refractivity contribution >= 4 is 11.7 Å². The normalized spacial score (nSPS) is 46.0. The van der Waals surface area contributed by atoms with Gasteiger partial charge in [0.2, 0.25) is 5.91 Å². The second-order valence-electron chi connectivity index (χ2n) is 8.61. The molecule has 1 aliphatic heterocycles. The molecule has 3 heteroatoms. The predicted molar refractivity (Wildman–Crippen MR) is 89.6 cm³/mol. The number of likely N-dealkylation sites (N-methyl/N-ethyl adjacent to an activating group) is 1. The summed E-state index contributed by atoms with van der Waals surface area (Å²) in [5.41, 5.74) is 1.34. The third kappa shape index (κ3) is 1.95. The number of nitrogens with zero attached hydrogens (tertiary/aromatic N) is 1. The molecule has 4 rings (SSSR count). The Balaban J connectivity index is 1.71. The Morgan fingerprint density at radius 1 is 1.13 bits per heavy atom. The van der Waals surface area contributed by atoms with Crippen molar-refractivity contribution in [3.05, 3.63) is 23.8 Å². The summed E-state index contributed by atoms with van der Waals surface area (Å²) < 4.78 is 0. The molecule has 3 nitrogen and oxygen atoms in total. The zero-order valence-electron chi connectivity index (χ0n) is 14.5. The maximum absolute atomic E-state index is 12.4. The minimum absolute atomic E-state index is 0.129. The van der Waals surface area contributed by atoms with Gasteiger partial charge in [0.05, 0.1) is 0 Å². The lowest BCUT2D eigenvalue weighted by Crippen LogP contribution is -2.50. The molecule has 0 aromatic heterocycles. The molecule has 0 aromatic carbocycles. The van der Waals surface area contributed by atoms with E-state index < -0.39 is 0 Å². The number of carbonyl (C=O) groups excluding carboxylic acids is 2. The van der Waals surface area contributed by atoms with E-state index in [-0.39, 0.29) is 16.7 Å². The van der Waals surface area contributed by atoms with Gasteiger partial charge in [0.25, 0.3) is 0 Å². The molecule has 1 amide bonds. The van der Waals surface area contributed by atoms with Crippen LogP contribution in [0.15, 0.2) is 23.8 Å². The molecule has 5 atom stereocenters. The molecule has 0 aromatic rings. The van der Waals surface area contributed by atoms with Crippen LogP contribution < -0.4 is 0 Å². The van der Waals surface area contributed by atoms with E-state index in [1.54, 1.807) is 0 Å². The molecule has 0 bridgehead atoms. The molecule has 0 N–H and O–H groups in total. The summed E-state index contributed by atoms with van der Waals surface area (Å²) in [4.78, 5) is 26.5. The van der Waals surface area contributed by atoms with Crippen LogP contribution in [0.5, 0.6) is 0 Å². The fourth-order valence-corrected chi connectivity index (χ4v) is 5.95. The second-order valence-corrected chi connectivity index (χ2v) is 8.61. The lowest BCUT2D eigenvalue weighted by Gasteiger charge is -2.55. The van der Waals surface area contributed by atoms with Gasteiger partial charge in [0.15, 0.2) is 5.78 Å². The molecule has 124 valence electrons. The lowest BCUT2D eigenvalue weighted by molar-refractivity contribution is -0.130. The number of allylic oxidation sites excluding steroid dienone is 3. The Morgan fingerprint density at radius 2 is 1.91 bits per heavy atom. The van der Waals surface area contributed by atoms with Crippen LogP contribution in [0.2, 0.25) is 0 Å². The Morgan fingerprint density at radius 3 is 2.70 bits per heavy atom. The average molecular weight is 313 g/mol. The molecule has 0 radical (unpaired) electrons. The average Bonchev–Trinajstić information content (AvgIpc) is 2.77. The molecule has 1 heterocycles. The maximum atomic E-state index is 12.4. The minimum Gasteiger partial charge on any atom is -0.342 e. The number of amides is 1. The monoisotopic (exact) mass is 313 g/mol. The highest BCUT2D eigenvalue weighted by atomic mass is 16.2. The van der Waals surface area contributed by atoms with Gasteiger partial charge in [-0.25, -0.2) is 0 Å². The minimum atomic E-state index is -0.157. The first kappa shape index (κ1) is 15.2. The highest BCUT2D eigenvalue weighted by molar-refractivity contribution is 5.97. The smallest absolute Gasteiger partial charge is 0.246 e. The third-order valence-corrected chi connectivity index (χ3v) is 7.65. The molecule has 3 aliphatic carbocycles. The van der Waals surface area contributed by atoms with Crippen molar-refractivity contribution in [3.63, 3.8) is 0 Å². The number of ketones is 1. The van der Waals surface area contributed by atoms with Crippen molar-refractivity contribution in [3.8, 4) is 0 Å². The predicted octanol–water partition coefficient (Wildman–Crippen LogP) is 3.36. The standard InChI is InChI=1S/C20H27NO2/c1-19-10-11-21(3)18(23)12-13(19)4-5-14-15-6-7-17(22)20(15,2)9-8-16(14)19/h6-7,12,14-16H,4-5,8-11H2,1-3H3/t14-,15?,16-,19-,20-/m0/s1. The van der Waals surface area contributed by atoms with Gasteiger partial charge in [-0.2, -0.15) is 0 Å². The summed E-state index contributed by atoms with van der Waals surface area (Å²) in [7, 11) is 1.91. The van der Waals surface area contributed by atoms with Crippen LogP contribution in [0.1, 0.15) is 46.0 Å². The van der Waals surface area contributed by atoms with Gasteiger partial charge in [-0.15, -0.1) is 0 Å². The fourth-order valence-electron chi connectivity index (χ4n) is 5.95. The molecular formula is C20H27NO2. The summed E-state index contributed by atoms with van der Waals surface area (Å²) in [6, 6.07) is 0. The van der Waals surface area contributed by atoms with E-state index in [9.17, 15) is 9.59 Å². The van der Waals surface area contributed by atoms with Gasteiger partial charge in [0.1, 0.15) is 0 Å². The Hall–Kier alpha value is -1.38. The van der Waals surface area contributed by atoms with Gasteiger partial charge < -0.3 is 4.90 Å². The fraction of sp³-hybridized carbons (Fsp3) is 0.700. The SMILES string of the molecule is CN1CC[C@@]2(C)C(=CC1=O)CC[C@H]1C3C=CC(=O)[C@@]3(C)CC[C@@H]12. The van der Waals surface area contributed by atoms with Crippen molar-refractivity contribution in [2.75, 3.05) is 13.6 Å². The van der Waals surface area contributed by atoms with E-state index in [1.807, 2.05) is 24.1 Å². The molecule has 2 saturated carbocycles. The van der Waals surface area contributed by atoms with Crippen molar-refractivity contribution in [1.29, 1.82) is 0 Å². The summed E-state index contributed by atoms with van der Waals surface area (Å²) in [5.74, 6) is 2.11. The number of carbonyl (C=O) groups is 2. The van der Waals surface area contributed by atoms with Crippen LogP contribution in [0.25, 0.3) is 0 Å². The van der Waals surface area contributed by atoms with E-state index >= 15 is 0 Å². The quantitative estimate of drug-likeness (QED) is 0.687. The molecule has 0 spiro atoms. The van der Waals surface area contributed by atoms with Crippen molar-refractivity contribution in [2.24, 2.45) is 28.6 Å². The first-order valence-corrected chi connectivity index (χ1v) is 9.05. The maximum Gasteiger partial charge on any atom is 0.246 e. The Kier molecular flexibility index (Phi) is 3.17. The van der Waals surface area contributed by atoms with Crippen LogP contribution in [0.3, 0.4) is 0 Å². The molecule has 23 heavy (non-hydrogen) atoms. The van der Waals surface area contributed by atoms with Crippen molar-refractivity contribution < 1.29 is 9.59 Å². The van der Waals surface area contributed by atoms with E-state index in [2.05, 4.69) is 19.9 Å². The van der Waals surface area contributed by atoms with E-state index in [0.717, 1.165) is 38.6 Å². The van der Waals surface area contributed by atoms with Crippen LogP contribution in [0.4, 0.5) is 0 Å². The van der Waals surface area contributed by atoms with Crippen LogP contribution in [-0.4, -0.2) is 30.2 Å². The zero-order valence-corrected chi connectivity index (χ0v) is 14.5. The Labute approximate surface area is 138 Å². The Bertz CT molecular complexity index is 634. The molecule has 4 aliphatic rings. The largest absolute Gasteiger partial charge is 0.342 e. The van der Waals surface area contributed by atoms with Gasteiger partial charge in [0, 0.05) is 25.1 Å².